The number of anilines is 1. The van der Waals surface area contributed by atoms with E-state index in [2.05, 4.69) is 23.2 Å². The van der Waals surface area contributed by atoms with Crippen LogP contribution in [0.15, 0.2) is 24.3 Å². The molecule has 3 heterocycles. The number of nitrogens with zero attached hydrogens (tertiary/aromatic N) is 4. The zero-order valence-corrected chi connectivity index (χ0v) is 22.1. The molecule has 0 bridgehead atoms. The third-order valence-electron chi connectivity index (χ3n) is 6.42. The van der Waals surface area contributed by atoms with Crippen molar-refractivity contribution < 1.29 is 14.3 Å². The predicted octanol–water partition coefficient (Wildman–Crippen LogP) is 4.73. The van der Waals surface area contributed by atoms with Gasteiger partial charge in [0.1, 0.15) is 0 Å². The van der Waals surface area contributed by atoms with Crippen molar-refractivity contribution in [3.63, 3.8) is 0 Å². The molecule has 0 aliphatic carbocycles. The number of methoxy groups -OCH3 is 2. The van der Waals surface area contributed by atoms with Gasteiger partial charge in [-0.15, -0.1) is 12.4 Å². The van der Waals surface area contributed by atoms with E-state index in [-0.39, 0.29) is 24.4 Å². The van der Waals surface area contributed by atoms with Gasteiger partial charge in [0, 0.05) is 31.1 Å². The maximum absolute atomic E-state index is 12.3. The molecule has 190 valence electrons. The Hall–Kier alpha value is -3.00. The second-order valence-electron chi connectivity index (χ2n) is 8.98. The number of aryl methyl sites for hydroxylation is 2. The summed E-state index contributed by atoms with van der Waals surface area (Å²) in [6.07, 6.45) is 4.71. The molecule has 1 atom stereocenters. The Morgan fingerprint density at radius 2 is 1.91 bits per heavy atom. The summed E-state index contributed by atoms with van der Waals surface area (Å²) in [5, 5.41) is 8.01. The summed E-state index contributed by atoms with van der Waals surface area (Å²) in [6, 6.07) is 8.10. The lowest BCUT2D eigenvalue weighted by atomic mass is 10.1. The Bertz CT molecular complexity index is 1180. The number of halogens is 1. The van der Waals surface area contributed by atoms with E-state index in [1.807, 2.05) is 36.6 Å². The average Bonchev–Trinajstić information content (AvgIpc) is 3.41. The smallest absolute Gasteiger partial charge is 0.220 e. The number of hydrogen-bond acceptors (Lipinski definition) is 6. The summed E-state index contributed by atoms with van der Waals surface area (Å²) in [4.78, 5) is 19.5. The standard InChI is InChI=1S/C26H35N5O3.ClH/c1-6-7-8-9-24(32)28-20-12-13-30(16-20)21-14-17(2)29-31-25(18(3)27-26(21)31)19-10-11-22(33-4)23(15-19)34-5;/h10-11,14-15,20H,6-9,12-13,16H2,1-5H3,(H,28,32);1H. The zero-order valence-electron chi connectivity index (χ0n) is 21.3. The number of hydrogen-bond donors (Lipinski definition) is 1. The lowest BCUT2D eigenvalue weighted by Gasteiger charge is -2.20. The minimum Gasteiger partial charge on any atom is -0.493 e. The molecule has 1 saturated heterocycles. The first kappa shape index (κ1) is 26.6. The van der Waals surface area contributed by atoms with E-state index in [0.717, 1.165) is 72.8 Å². The van der Waals surface area contributed by atoms with Crippen LogP contribution in [0.2, 0.25) is 0 Å². The third kappa shape index (κ3) is 5.64. The first-order valence-corrected chi connectivity index (χ1v) is 12.1. The number of nitrogens with one attached hydrogen (secondary N) is 1. The SMILES string of the molecule is CCCCCC(=O)NC1CCN(c2cc(C)nn3c(-c4ccc(OC)c(OC)c4)c(C)nc23)C1.Cl. The van der Waals surface area contributed by atoms with Gasteiger partial charge >= 0.3 is 0 Å². The van der Waals surface area contributed by atoms with Crippen molar-refractivity contribution in [2.45, 2.75) is 58.9 Å². The maximum atomic E-state index is 12.3. The number of aromatic nitrogens is 3. The van der Waals surface area contributed by atoms with Gasteiger partial charge in [0.25, 0.3) is 0 Å². The van der Waals surface area contributed by atoms with E-state index in [0.29, 0.717) is 17.9 Å². The fraction of sp³-hybridized carbons (Fsp3) is 0.500. The topological polar surface area (TPSA) is 81.0 Å². The predicted molar refractivity (Wildman–Crippen MR) is 141 cm³/mol. The van der Waals surface area contributed by atoms with Crippen LogP contribution >= 0.6 is 12.4 Å². The molecular weight excluding hydrogens is 466 g/mol. The van der Waals surface area contributed by atoms with Crippen molar-refractivity contribution in [1.82, 2.24) is 19.9 Å². The van der Waals surface area contributed by atoms with Gasteiger partial charge in [0.05, 0.1) is 37.0 Å². The molecule has 1 aliphatic rings. The highest BCUT2D eigenvalue weighted by Crippen LogP contribution is 2.35. The van der Waals surface area contributed by atoms with Crippen molar-refractivity contribution in [1.29, 1.82) is 0 Å². The molecule has 1 aromatic carbocycles. The van der Waals surface area contributed by atoms with Crippen molar-refractivity contribution in [2.24, 2.45) is 0 Å². The van der Waals surface area contributed by atoms with Gasteiger partial charge in [-0.25, -0.2) is 9.50 Å². The Balaban J connectivity index is 0.00000342. The van der Waals surface area contributed by atoms with E-state index in [9.17, 15) is 4.79 Å². The average molecular weight is 502 g/mol. The number of carbonyl (C=O) groups excluding carboxylic acids is 1. The summed E-state index contributed by atoms with van der Waals surface area (Å²) in [5.74, 6) is 1.51. The third-order valence-corrected chi connectivity index (χ3v) is 6.42. The van der Waals surface area contributed by atoms with Crippen molar-refractivity contribution in [2.75, 3.05) is 32.2 Å². The summed E-state index contributed by atoms with van der Waals surface area (Å²) >= 11 is 0. The van der Waals surface area contributed by atoms with Crippen LogP contribution in [0.4, 0.5) is 5.69 Å². The van der Waals surface area contributed by atoms with E-state index in [4.69, 9.17) is 19.6 Å². The van der Waals surface area contributed by atoms with Crippen LogP contribution in [-0.2, 0) is 4.79 Å². The van der Waals surface area contributed by atoms with Crippen LogP contribution in [0.5, 0.6) is 11.5 Å². The lowest BCUT2D eigenvalue weighted by Crippen LogP contribution is -2.37. The molecule has 1 aliphatic heterocycles. The molecule has 3 aromatic rings. The normalized spacial score (nSPS) is 15.2. The second kappa shape index (κ2) is 11.6. The monoisotopic (exact) mass is 501 g/mol. The fourth-order valence-corrected chi connectivity index (χ4v) is 4.71. The Labute approximate surface area is 213 Å². The van der Waals surface area contributed by atoms with Crippen LogP contribution in [0.25, 0.3) is 16.9 Å². The maximum Gasteiger partial charge on any atom is 0.220 e. The van der Waals surface area contributed by atoms with Crippen molar-refractivity contribution >= 4 is 29.6 Å². The highest BCUT2D eigenvalue weighted by atomic mass is 35.5. The number of ether oxygens (including phenoxy) is 2. The van der Waals surface area contributed by atoms with Crippen LogP contribution in [0.1, 0.15) is 50.4 Å². The Morgan fingerprint density at radius 1 is 1.14 bits per heavy atom. The summed E-state index contributed by atoms with van der Waals surface area (Å²) in [7, 11) is 3.26. The zero-order chi connectivity index (χ0) is 24.2. The molecule has 4 rings (SSSR count). The Kier molecular flexibility index (Phi) is 8.83. The van der Waals surface area contributed by atoms with Gasteiger partial charge < -0.3 is 19.7 Å². The summed E-state index contributed by atoms with van der Waals surface area (Å²) < 4.78 is 12.8. The highest BCUT2D eigenvalue weighted by Gasteiger charge is 2.27. The number of rotatable bonds is 9. The largest absolute Gasteiger partial charge is 0.493 e. The molecular formula is C26H36ClN5O3. The molecule has 0 spiro atoms. The van der Waals surface area contributed by atoms with E-state index in [1.54, 1.807) is 14.2 Å². The quantitative estimate of drug-likeness (QED) is 0.427. The number of carbonyl (C=O) groups is 1. The lowest BCUT2D eigenvalue weighted by molar-refractivity contribution is -0.121. The fourth-order valence-electron chi connectivity index (χ4n) is 4.71. The minimum absolute atomic E-state index is 0. The molecule has 1 unspecified atom stereocenters. The minimum atomic E-state index is 0. The first-order valence-electron chi connectivity index (χ1n) is 12.1. The van der Waals surface area contributed by atoms with Crippen molar-refractivity contribution in [3.05, 3.63) is 35.7 Å². The molecule has 1 N–H and O–H groups in total. The van der Waals surface area contributed by atoms with Crippen molar-refractivity contribution in [3.8, 4) is 22.8 Å². The van der Waals surface area contributed by atoms with E-state index in [1.165, 1.54) is 0 Å². The number of imidazole rings is 1. The molecule has 1 fully saturated rings. The molecule has 2 aromatic heterocycles. The van der Waals surface area contributed by atoms with Gasteiger partial charge in [-0.2, -0.15) is 5.10 Å². The number of benzene rings is 1. The molecule has 1 amide bonds. The number of amides is 1. The Morgan fingerprint density at radius 3 is 2.63 bits per heavy atom. The van der Waals surface area contributed by atoms with Gasteiger partial charge in [-0.1, -0.05) is 19.8 Å². The molecule has 0 saturated carbocycles. The molecule has 9 heteroatoms. The summed E-state index contributed by atoms with van der Waals surface area (Å²) in [5.41, 5.74) is 5.57. The number of unbranched alkanes of at least 4 members (excludes halogenated alkanes) is 2. The first-order chi connectivity index (χ1) is 16.4. The highest BCUT2D eigenvalue weighted by molar-refractivity contribution is 5.85. The van der Waals surface area contributed by atoms with Crippen LogP contribution in [0, 0.1) is 13.8 Å². The molecule has 0 radical (unpaired) electrons. The second-order valence-corrected chi connectivity index (χ2v) is 8.98. The summed E-state index contributed by atoms with van der Waals surface area (Å²) in [6.45, 7) is 7.80. The van der Waals surface area contributed by atoms with Gasteiger partial charge in [0.15, 0.2) is 17.1 Å². The van der Waals surface area contributed by atoms with Gasteiger partial charge in [-0.05, 0) is 51.0 Å². The van der Waals surface area contributed by atoms with Crippen LogP contribution in [0.3, 0.4) is 0 Å². The number of fused-ring (bicyclic) bond motifs is 1. The van der Waals surface area contributed by atoms with Gasteiger partial charge in [0.2, 0.25) is 5.91 Å². The van der Waals surface area contributed by atoms with E-state index < -0.39 is 0 Å². The van der Waals surface area contributed by atoms with Crippen LogP contribution in [-0.4, -0.2) is 53.9 Å². The molecule has 8 nitrogen and oxygen atoms in total. The molecule has 35 heavy (non-hydrogen) atoms. The van der Waals surface area contributed by atoms with E-state index >= 15 is 0 Å². The van der Waals surface area contributed by atoms with Gasteiger partial charge in [-0.3, -0.25) is 4.79 Å². The van der Waals surface area contributed by atoms with Crippen LogP contribution < -0.4 is 19.7 Å².